The maximum Gasteiger partial charge on any atom is 0.255 e. The summed E-state index contributed by atoms with van der Waals surface area (Å²) in [5.74, 6) is -0.524. The van der Waals surface area contributed by atoms with E-state index in [9.17, 15) is 4.79 Å². The molecule has 0 aliphatic rings. The Morgan fingerprint density at radius 2 is 2.18 bits per heavy atom. The molecule has 1 aromatic carbocycles. The summed E-state index contributed by atoms with van der Waals surface area (Å²) in [6.45, 7) is 0. The maximum absolute atomic E-state index is 11.2. The predicted molar refractivity (Wildman–Crippen MR) is 71.8 cm³/mol. The summed E-state index contributed by atoms with van der Waals surface area (Å²) in [4.78, 5) is 14.6. The Kier molecular flexibility index (Phi) is 3.30. The standard InChI is InChI=1S/C12H11N3OS/c13-7-17-11(12(14)16)5-8-6-15-10-4-2-1-3-9(8)10/h1-7,13,15H,(H2,14,16)/b11-5-,13-7?. The molecule has 0 atom stereocenters. The Morgan fingerprint density at radius 3 is 2.88 bits per heavy atom. The highest BCUT2D eigenvalue weighted by molar-refractivity contribution is 8.16. The number of fused-ring (bicyclic) bond motifs is 1. The fourth-order valence-corrected chi connectivity index (χ4v) is 2.02. The molecule has 4 N–H and O–H groups in total. The van der Waals surface area contributed by atoms with Crippen LogP contribution < -0.4 is 5.73 Å². The number of rotatable bonds is 4. The van der Waals surface area contributed by atoms with Crippen molar-refractivity contribution in [2.24, 2.45) is 5.73 Å². The molecule has 1 heterocycles. The van der Waals surface area contributed by atoms with Crippen molar-refractivity contribution < 1.29 is 4.79 Å². The molecule has 5 heteroatoms. The van der Waals surface area contributed by atoms with Gasteiger partial charge in [0.15, 0.2) is 0 Å². The van der Waals surface area contributed by atoms with Gasteiger partial charge in [-0.1, -0.05) is 30.0 Å². The van der Waals surface area contributed by atoms with Crippen LogP contribution in [-0.4, -0.2) is 16.4 Å². The highest BCUT2D eigenvalue weighted by atomic mass is 32.2. The lowest BCUT2D eigenvalue weighted by atomic mass is 10.1. The van der Waals surface area contributed by atoms with E-state index in [1.54, 1.807) is 6.08 Å². The number of hydrogen-bond donors (Lipinski definition) is 3. The van der Waals surface area contributed by atoms with E-state index in [4.69, 9.17) is 11.1 Å². The number of nitrogens with one attached hydrogen (secondary N) is 2. The number of carbonyl (C=O) groups excluding carboxylic acids is 1. The third-order valence-electron chi connectivity index (χ3n) is 2.34. The van der Waals surface area contributed by atoms with E-state index in [-0.39, 0.29) is 0 Å². The topological polar surface area (TPSA) is 82.7 Å². The molecule has 1 aromatic heterocycles. The highest BCUT2D eigenvalue weighted by Crippen LogP contribution is 2.23. The van der Waals surface area contributed by atoms with Crippen LogP contribution in [0.5, 0.6) is 0 Å². The van der Waals surface area contributed by atoms with Crippen LogP contribution in [0, 0.1) is 5.41 Å². The summed E-state index contributed by atoms with van der Waals surface area (Å²) in [5.41, 5.74) is 8.23. The average molecular weight is 245 g/mol. The van der Waals surface area contributed by atoms with E-state index in [2.05, 4.69) is 4.98 Å². The third kappa shape index (κ3) is 2.39. The molecule has 4 nitrogen and oxygen atoms in total. The van der Waals surface area contributed by atoms with Gasteiger partial charge in [0.05, 0.1) is 10.5 Å². The predicted octanol–water partition coefficient (Wildman–Crippen LogP) is 2.33. The van der Waals surface area contributed by atoms with Crippen molar-refractivity contribution in [3.63, 3.8) is 0 Å². The van der Waals surface area contributed by atoms with E-state index < -0.39 is 5.91 Å². The fraction of sp³-hybridized carbons (Fsp3) is 0. The highest BCUT2D eigenvalue weighted by Gasteiger charge is 2.07. The van der Waals surface area contributed by atoms with E-state index in [0.29, 0.717) is 4.91 Å². The number of hydrogen-bond acceptors (Lipinski definition) is 3. The van der Waals surface area contributed by atoms with Crippen molar-refractivity contribution in [1.82, 2.24) is 4.98 Å². The van der Waals surface area contributed by atoms with Gasteiger partial charge in [-0.3, -0.25) is 4.79 Å². The first-order chi connectivity index (χ1) is 8.22. The number of para-hydroxylation sites is 1. The number of aromatic nitrogens is 1. The number of benzene rings is 1. The Hall–Kier alpha value is -2.01. The van der Waals surface area contributed by atoms with Crippen molar-refractivity contribution in [2.75, 3.05) is 0 Å². The Bertz CT molecular complexity index is 601. The second kappa shape index (κ2) is 4.88. The van der Waals surface area contributed by atoms with Gasteiger partial charge >= 0.3 is 0 Å². The zero-order valence-corrected chi connectivity index (χ0v) is 9.75. The monoisotopic (exact) mass is 245 g/mol. The number of carbonyl (C=O) groups is 1. The molecule has 0 unspecified atom stereocenters. The van der Waals surface area contributed by atoms with Crippen LogP contribution in [0.15, 0.2) is 35.4 Å². The summed E-state index contributed by atoms with van der Waals surface area (Å²) in [6, 6.07) is 7.79. The van der Waals surface area contributed by atoms with Crippen LogP contribution in [0.2, 0.25) is 0 Å². The molecular weight excluding hydrogens is 234 g/mol. The van der Waals surface area contributed by atoms with Gasteiger partial charge in [0.25, 0.3) is 5.91 Å². The molecule has 0 bridgehead atoms. The van der Waals surface area contributed by atoms with Gasteiger partial charge in [-0.25, -0.2) is 0 Å². The van der Waals surface area contributed by atoms with E-state index in [1.165, 1.54) is 0 Å². The summed E-state index contributed by atoms with van der Waals surface area (Å²) >= 11 is 1.01. The van der Waals surface area contributed by atoms with Crippen LogP contribution in [0.1, 0.15) is 5.56 Å². The van der Waals surface area contributed by atoms with Crippen molar-refractivity contribution >= 4 is 40.2 Å². The van der Waals surface area contributed by atoms with Gasteiger partial charge in [-0.15, -0.1) is 0 Å². The minimum Gasteiger partial charge on any atom is -0.365 e. The number of nitrogens with two attached hydrogens (primary N) is 1. The van der Waals surface area contributed by atoms with Crippen LogP contribution >= 0.6 is 11.8 Å². The minimum atomic E-state index is -0.524. The van der Waals surface area contributed by atoms with Crippen molar-refractivity contribution in [3.05, 3.63) is 40.9 Å². The van der Waals surface area contributed by atoms with Gasteiger partial charge < -0.3 is 16.1 Å². The van der Waals surface area contributed by atoms with Crippen LogP contribution in [0.3, 0.4) is 0 Å². The number of primary amides is 1. The number of amides is 1. The smallest absolute Gasteiger partial charge is 0.255 e. The average Bonchev–Trinajstić information content (AvgIpc) is 2.72. The molecule has 2 rings (SSSR count). The van der Waals surface area contributed by atoms with E-state index in [1.807, 2.05) is 30.5 Å². The fourth-order valence-electron chi connectivity index (χ4n) is 1.58. The number of H-pyrrole nitrogens is 1. The Labute approximate surface area is 102 Å². The van der Waals surface area contributed by atoms with Crippen LogP contribution in [-0.2, 0) is 4.79 Å². The Balaban J connectivity index is 2.49. The molecule has 2 aromatic rings. The summed E-state index contributed by atoms with van der Waals surface area (Å²) < 4.78 is 0. The lowest BCUT2D eigenvalue weighted by Gasteiger charge is -1.97. The molecule has 0 aliphatic carbocycles. The first-order valence-corrected chi connectivity index (χ1v) is 5.83. The van der Waals surface area contributed by atoms with Crippen LogP contribution in [0.4, 0.5) is 0 Å². The lowest BCUT2D eigenvalue weighted by Crippen LogP contribution is -2.11. The van der Waals surface area contributed by atoms with E-state index >= 15 is 0 Å². The molecule has 0 radical (unpaired) electrons. The van der Waals surface area contributed by atoms with Crippen molar-refractivity contribution in [1.29, 1.82) is 5.41 Å². The zero-order valence-electron chi connectivity index (χ0n) is 8.94. The number of aromatic amines is 1. The largest absolute Gasteiger partial charge is 0.365 e. The van der Waals surface area contributed by atoms with Gasteiger partial charge in [-0.05, 0) is 12.1 Å². The Morgan fingerprint density at radius 1 is 1.41 bits per heavy atom. The summed E-state index contributed by atoms with van der Waals surface area (Å²) in [5, 5.41) is 8.02. The van der Waals surface area contributed by atoms with Gasteiger partial charge in [0, 0.05) is 22.7 Å². The molecule has 0 aliphatic heterocycles. The van der Waals surface area contributed by atoms with Gasteiger partial charge in [0.1, 0.15) is 0 Å². The molecule has 0 fully saturated rings. The second-order valence-corrected chi connectivity index (χ2v) is 4.31. The van der Waals surface area contributed by atoms with Crippen LogP contribution in [0.25, 0.3) is 17.0 Å². The quantitative estimate of drug-likeness (QED) is 0.439. The van der Waals surface area contributed by atoms with Crippen molar-refractivity contribution in [2.45, 2.75) is 0 Å². The normalized spacial score (nSPS) is 11.6. The molecular formula is C12H11N3OS. The maximum atomic E-state index is 11.2. The third-order valence-corrected chi connectivity index (χ3v) is 3.03. The van der Waals surface area contributed by atoms with Crippen molar-refractivity contribution in [3.8, 4) is 0 Å². The first kappa shape index (κ1) is 11.5. The molecule has 17 heavy (non-hydrogen) atoms. The van der Waals surface area contributed by atoms with E-state index in [0.717, 1.165) is 33.8 Å². The molecule has 1 amide bonds. The lowest BCUT2D eigenvalue weighted by molar-refractivity contribution is -0.113. The second-order valence-electron chi connectivity index (χ2n) is 3.40. The first-order valence-electron chi connectivity index (χ1n) is 4.95. The number of thioether (sulfide) groups is 1. The SMILES string of the molecule is N=CS/C(=C\c1c[nH]c2ccccc12)C(N)=O. The zero-order chi connectivity index (χ0) is 12.3. The van der Waals surface area contributed by atoms with Gasteiger partial charge in [-0.2, -0.15) is 0 Å². The molecule has 0 saturated heterocycles. The molecule has 0 saturated carbocycles. The minimum absolute atomic E-state index is 0.352. The summed E-state index contributed by atoms with van der Waals surface area (Å²) in [7, 11) is 0. The molecule has 86 valence electrons. The molecule has 0 spiro atoms. The van der Waals surface area contributed by atoms with Gasteiger partial charge in [0.2, 0.25) is 0 Å². The summed E-state index contributed by atoms with van der Waals surface area (Å²) in [6.07, 6.45) is 3.51.